The van der Waals surface area contributed by atoms with Crippen molar-refractivity contribution >= 4 is 56.9 Å². The number of H-pyrrole nitrogens is 1. The molecule has 0 aliphatic carbocycles. The van der Waals surface area contributed by atoms with Gasteiger partial charge >= 0.3 is 0 Å². The topological polar surface area (TPSA) is 118 Å². The van der Waals surface area contributed by atoms with Crippen LogP contribution in [0, 0.1) is 0 Å². The number of para-hydroxylation sites is 1. The van der Waals surface area contributed by atoms with Crippen molar-refractivity contribution in [2.75, 3.05) is 16.8 Å². The van der Waals surface area contributed by atoms with Crippen molar-refractivity contribution in [3.8, 4) is 5.69 Å². The Labute approximate surface area is 177 Å². The van der Waals surface area contributed by atoms with Crippen LogP contribution in [0.3, 0.4) is 0 Å². The van der Waals surface area contributed by atoms with Crippen LogP contribution in [0.4, 0.5) is 5.13 Å². The van der Waals surface area contributed by atoms with E-state index in [4.69, 9.17) is 0 Å². The second kappa shape index (κ2) is 8.76. The van der Waals surface area contributed by atoms with Crippen LogP contribution in [0.1, 0.15) is 6.92 Å². The van der Waals surface area contributed by atoms with Gasteiger partial charge in [0.05, 0.1) is 17.6 Å². The molecule has 3 aromatic heterocycles. The van der Waals surface area contributed by atoms with E-state index in [1.807, 2.05) is 37.3 Å². The Kier molecular flexibility index (Phi) is 5.92. The minimum absolute atomic E-state index is 0.0732. The van der Waals surface area contributed by atoms with Crippen LogP contribution < -0.4 is 10.9 Å². The molecular weight excluding hydrogens is 430 g/mol. The maximum absolute atomic E-state index is 12.4. The predicted molar refractivity (Wildman–Crippen MR) is 115 cm³/mol. The van der Waals surface area contributed by atoms with Crippen molar-refractivity contribution in [1.29, 1.82) is 0 Å². The van der Waals surface area contributed by atoms with Crippen LogP contribution in [0.25, 0.3) is 16.7 Å². The molecule has 0 saturated carbocycles. The molecule has 4 rings (SSSR count). The third-order valence-electron chi connectivity index (χ3n) is 3.68. The fraction of sp³-hybridized carbons (Fsp3) is 0.176. The quantitative estimate of drug-likeness (QED) is 0.253. The molecule has 1 aromatic carbocycles. The van der Waals surface area contributed by atoms with E-state index in [9.17, 15) is 9.59 Å². The monoisotopic (exact) mass is 445 g/mol. The average molecular weight is 446 g/mol. The molecule has 3 heterocycles. The minimum atomic E-state index is -0.301. The van der Waals surface area contributed by atoms with Crippen LogP contribution in [0.5, 0.6) is 0 Å². The van der Waals surface area contributed by atoms with Crippen LogP contribution in [-0.2, 0) is 4.79 Å². The number of thioether (sulfide) groups is 2. The van der Waals surface area contributed by atoms with Gasteiger partial charge in [-0.05, 0) is 17.9 Å². The minimum Gasteiger partial charge on any atom is -0.301 e. The summed E-state index contributed by atoms with van der Waals surface area (Å²) in [5, 5.41) is 16.1. The first-order valence-electron chi connectivity index (χ1n) is 8.56. The van der Waals surface area contributed by atoms with Crippen LogP contribution in [0.2, 0.25) is 0 Å². The smallest absolute Gasteiger partial charge is 0.262 e. The van der Waals surface area contributed by atoms with Gasteiger partial charge < -0.3 is 4.98 Å². The highest BCUT2D eigenvalue weighted by Gasteiger charge is 2.14. The molecule has 2 N–H and O–H groups in total. The highest BCUT2D eigenvalue weighted by molar-refractivity contribution is 8.01. The fourth-order valence-corrected chi connectivity index (χ4v) is 4.78. The van der Waals surface area contributed by atoms with Gasteiger partial charge in [-0.15, -0.1) is 10.2 Å². The second-order valence-corrected chi connectivity index (χ2v) is 9.10. The normalized spacial score (nSPS) is 11.1. The van der Waals surface area contributed by atoms with Gasteiger partial charge in [0.15, 0.2) is 15.1 Å². The predicted octanol–water partition coefficient (Wildman–Crippen LogP) is 2.80. The van der Waals surface area contributed by atoms with E-state index < -0.39 is 0 Å². The Morgan fingerprint density at radius 1 is 1.24 bits per heavy atom. The SMILES string of the molecule is CCSc1nnc(NC(=O)CSc2nc3c(cnn3-c3ccccc3)c(=O)[nH]2)s1. The molecule has 1 amide bonds. The molecule has 0 unspecified atom stereocenters. The highest BCUT2D eigenvalue weighted by atomic mass is 32.2. The first kappa shape index (κ1) is 19.6. The maximum Gasteiger partial charge on any atom is 0.262 e. The Hall–Kier alpha value is -2.70. The molecule has 0 atom stereocenters. The third-order valence-corrected chi connectivity index (χ3v) is 6.41. The summed E-state index contributed by atoms with van der Waals surface area (Å²) in [6.07, 6.45) is 1.48. The molecule has 0 spiro atoms. The summed E-state index contributed by atoms with van der Waals surface area (Å²) in [6, 6.07) is 9.42. The molecule has 12 heteroatoms. The molecule has 0 aliphatic rings. The summed E-state index contributed by atoms with van der Waals surface area (Å²) >= 11 is 4.03. The Balaban J connectivity index is 1.49. The van der Waals surface area contributed by atoms with Crippen molar-refractivity contribution in [1.82, 2.24) is 29.9 Å². The number of fused-ring (bicyclic) bond motifs is 1. The largest absolute Gasteiger partial charge is 0.301 e. The second-order valence-electron chi connectivity index (χ2n) is 5.64. The van der Waals surface area contributed by atoms with E-state index >= 15 is 0 Å². The molecule has 148 valence electrons. The standard InChI is InChI=1S/C17H15N7O2S3/c1-2-27-17-23-22-16(29-17)19-12(25)9-28-15-20-13-11(14(26)21-15)8-18-24(13)10-6-4-3-5-7-10/h3-8H,2,9H2,1H3,(H,19,22,25)(H,20,21,26). The van der Waals surface area contributed by atoms with Gasteiger partial charge in [0.2, 0.25) is 11.0 Å². The van der Waals surface area contributed by atoms with Crippen LogP contribution in [-0.4, -0.2) is 47.4 Å². The summed E-state index contributed by atoms with van der Waals surface area (Å²) in [5.74, 6) is 0.710. The van der Waals surface area contributed by atoms with Crippen LogP contribution in [0.15, 0.2) is 50.8 Å². The summed E-state index contributed by atoms with van der Waals surface area (Å²) in [4.78, 5) is 31.7. The van der Waals surface area contributed by atoms with Crippen molar-refractivity contribution in [3.63, 3.8) is 0 Å². The Morgan fingerprint density at radius 2 is 2.07 bits per heavy atom. The van der Waals surface area contributed by atoms with E-state index in [1.54, 1.807) is 16.4 Å². The summed E-state index contributed by atoms with van der Waals surface area (Å²) in [7, 11) is 0. The average Bonchev–Trinajstić information content (AvgIpc) is 3.34. The molecule has 0 saturated heterocycles. The summed E-state index contributed by atoms with van der Waals surface area (Å²) in [6.45, 7) is 2.02. The number of nitrogens with one attached hydrogen (secondary N) is 2. The molecular formula is C17H15N7O2S3. The number of aromatic amines is 1. The lowest BCUT2D eigenvalue weighted by Crippen LogP contribution is -2.15. The number of amides is 1. The van der Waals surface area contributed by atoms with Gasteiger partial charge in [-0.1, -0.05) is 60.0 Å². The number of benzene rings is 1. The molecule has 0 radical (unpaired) electrons. The summed E-state index contributed by atoms with van der Waals surface area (Å²) in [5.41, 5.74) is 0.935. The van der Waals surface area contributed by atoms with E-state index in [1.165, 1.54) is 17.5 Å². The van der Waals surface area contributed by atoms with E-state index in [0.29, 0.717) is 21.3 Å². The lowest BCUT2D eigenvalue weighted by atomic mass is 10.3. The number of hydrogen-bond donors (Lipinski definition) is 2. The number of carbonyl (C=O) groups excluding carboxylic acids is 1. The molecule has 0 aliphatic heterocycles. The van der Waals surface area contributed by atoms with E-state index in [-0.39, 0.29) is 17.2 Å². The van der Waals surface area contributed by atoms with E-state index in [2.05, 4.69) is 30.6 Å². The first-order valence-corrected chi connectivity index (χ1v) is 11.3. The van der Waals surface area contributed by atoms with Gasteiger partial charge in [-0.2, -0.15) is 5.10 Å². The third kappa shape index (κ3) is 4.49. The van der Waals surface area contributed by atoms with Crippen molar-refractivity contribution in [3.05, 3.63) is 46.9 Å². The zero-order valence-electron chi connectivity index (χ0n) is 15.2. The zero-order valence-corrected chi connectivity index (χ0v) is 17.6. The van der Waals surface area contributed by atoms with Crippen molar-refractivity contribution in [2.24, 2.45) is 0 Å². The van der Waals surface area contributed by atoms with Gasteiger partial charge in [-0.25, -0.2) is 9.67 Å². The van der Waals surface area contributed by atoms with Gasteiger partial charge in [0.25, 0.3) is 5.56 Å². The number of carbonyl (C=O) groups is 1. The first-order chi connectivity index (χ1) is 14.1. The van der Waals surface area contributed by atoms with Gasteiger partial charge in [0, 0.05) is 0 Å². The Morgan fingerprint density at radius 3 is 2.86 bits per heavy atom. The molecule has 29 heavy (non-hydrogen) atoms. The van der Waals surface area contributed by atoms with Gasteiger partial charge in [0.1, 0.15) is 5.39 Å². The van der Waals surface area contributed by atoms with Crippen LogP contribution >= 0.6 is 34.9 Å². The molecule has 4 aromatic rings. The number of hydrogen-bond acceptors (Lipinski definition) is 9. The highest BCUT2D eigenvalue weighted by Crippen LogP contribution is 2.25. The lowest BCUT2D eigenvalue weighted by Gasteiger charge is -2.04. The van der Waals surface area contributed by atoms with E-state index in [0.717, 1.165) is 27.5 Å². The molecule has 0 bridgehead atoms. The number of aromatic nitrogens is 6. The van der Waals surface area contributed by atoms with Crippen molar-refractivity contribution < 1.29 is 4.79 Å². The lowest BCUT2D eigenvalue weighted by molar-refractivity contribution is -0.113. The number of rotatable bonds is 7. The number of nitrogens with zero attached hydrogens (tertiary/aromatic N) is 5. The molecule has 0 fully saturated rings. The van der Waals surface area contributed by atoms with Crippen molar-refractivity contribution in [2.45, 2.75) is 16.4 Å². The fourth-order valence-electron chi connectivity index (χ4n) is 2.46. The molecule has 9 nitrogen and oxygen atoms in total. The maximum atomic E-state index is 12.4. The summed E-state index contributed by atoms with van der Waals surface area (Å²) < 4.78 is 2.41. The number of anilines is 1. The van der Waals surface area contributed by atoms with Gasteiger partial charge in [-0.3, -0.25) is 14.9 Å². The zero-order chi connectivity index (χ0) is 20.2. The Bertz CT molecular complexity index is 1200.